The number of hydrogen-bond donors (Lipinski definition) is 6. The Balaban J connectivity index is 1.71. The van der Waals surface area contributed by atoms with E-state index in [1.807, 2.05) is 4.90 Å². The van der Waals surface area contributed by atoms with Gasteiger partial charge in [0.2, 0.25) is 0 Å². The van der Waals surface area contributed by atoms with Gasteiger partial charge in [-0.3, -0.25) is 19.4 Å². The van der Waals surface area contributed by atoms with Gasteiger partial charge in [-0.15, -0.1) is 0 Å². The summed E-state index contributed by atoms with van der Waals surface area (Å²) in [7, 11) is 2.94. The molecule has 1 saturated heterocycles. The first-order valence-corrected chi connectivity index (χ1v) is 20.3. The van der Waals surface area contributed by atoms with E-state index < -0.39 is 88.8 Å². The number of aromatic hydroxyl groups is 3. The highest BCUT2D eigenvalue weighted by molar-refractivity contribution is 6.23. The van der Waals surface area contributed by atoms with Crippen LogP contribution in [0.1, 0.15) is 83.7 Å². The number of rotatable bonds is 5. The standard InChI is InChI=1S/C44H60N4O12/c1-22-15-14-16-23(2)43(56)46-33-34(47(9)45-21-48-18-12-11-13-19-48)39(54)30-31(38(33)53)37(52)27(6)41-32(30)42(55)44(8,60-41)58-20-17-29(57-10)24(3)40(59-28(7)49)26(5)36(51)25(4)35(22)50/h14-17,20-22,24-26,29,35-36,40,50-54H,11-13,18-19H2,1-10H3,(H,46,56)/b15-14-,20-17?,23-16-,45-21+/t22-,24+,25+,26+,29-,35-,36+,40+,44-/m0/s1. The summed E-state index contributed by atoms with van der Waals surface area (Å²) in [5, 5.41) is 66.6. The van der Waals surface area contributed by atoms with Gasteiger partial charge < -0.3 is 54.7 Å². The fourth-order valence-electron chi connectivity index (χ4n) is 8.26. The molecule has 16 nitrogen and oxygen atoms in total. The summed E-state index contributed by atoms with van der Waals surface area (Å²) in [6.45, 7) is 14.1. The van der Waals surface area contributed by atoms with Crippen LogP contribution in [0.4, 0.5) is 11.4 Å². The minimum absolute atomic E-state index is 0.0517. The van der Waals surface area contributed by atoms with Gasteiger partial charge in [-0.05, 0) is 39.2 Å². The predicted octanol–water partition coefficient (Wildman–Crippen LogP) is 5.62. The van der Waals surface area contributed by atoms with E-state index in [1.54, 1.807) is 46.2 Å². The summed E-state index contributed by atoms with van der Waals surface area (Å²) < 4.78 is 23.6. The molecule has 0 aromatic heterocycles. The lowest BCUT2D eigenvalue weighted by Gasteiger charge is -2.38. The third kappa shape index (κ3) is 8.91. The molecule has 60 heavy (non-hydrogen) atoms. The van der Waals surface area contributed by atoms with Gasteiger partial charge in [0, 0.05) is 81.3 Å². The molecule has 6 N–H and O–H groups in total. The van der Waals surface area contributed by atoms with Crippen LogP contribution in [0, 0.1) is 30.6 Å². The van der Waals surface area contributed by atoms with Crippen LogP contribution >= 0.6 is 0 Å². The van der Waals surface area contributed by atoms with Crippen molar-refractivity contribution in [2.75, 3.05) is 37.6 Å². The van der Waals surface area contributed by atoms with E-state index in [4.69, 9.17) is 18.9 Å². The predicted molar refractivity (Wildman–Crippen MR) is 226 cm³/mol. The normalized spacial score (nSPS) is 30.8. The molecule has 0 spiro atoms. The Labute approximate surface area is 350 Å². The van der Waals surface area contributed by atoms with Crippen LogP contribution in [-0.4, -0.2) is 112 Å². The molecule has 4 heterocycles. The van der Waals surface area contributed by atoms with E-state index in [0.29, 0.717) is 0 Å². The number of aliphatic hydroxyl groups is 2. The second kappa shape index (κ2) is 18.5. The maximum absolute atomic E-state index is 14.5. The van der Waals surface area contributed by atoms with Gasteiger partial charge in [0.25, 0.3) is 11.7 Å². The van der Waals surface area contributed by atoms with Crippen LogP contribution in [0.5, 0.6) is 23.0 Å². The summed E-state index contributed by atoms with van der Waals surface area (Å²) in [4.78, 5) is 42.7. The van der Waals surface area contributed by atoms with Crippen molar-refractivity contribution in [2.45, 2.75) is 105 Å². The number of carbonyl (C=O) groups excluding carboxylic acids is 3. The van der Waals surface area contributed by atoms with Gasteiger partial charge in [0.05, 0.1) is 35.5 Å². The van der Waals surface area contributed by atoms with E-state index >= 15 is 0 Å². The van der Waals surface area contributed by atoms with Crippen molar-refractivity contribution in [3.63, 3.8) is 0 Å². The highest BCUT2D eigenvalue weighted by Crippen LogP contribution is 2.57. The zero-order valence-corrected chi connectivity index (χ0v) is 36.1. The molecule has 5 bridgehead atoms. The molecule has 0 saturated carbocycles. The molecule has 328 valence electrons. The number of fused-ring (bicyclic) bond motifs is 14. The number of ketones is 1. The lowest BCUT2D eigenvalue weighted by Crippen LogP contribution is -2.46. The number of hydrazone groups is 1. The SMILES string of the molecule is CO[C@H]1C=CO[C@@]2(C)Oc3c(C)c(O)c4c(O)c(c(N(C)/N=C/N5CCCCC5)c(O)c4c3C2=O)NC(=O)/C(C)=C\C=C/[C@H](C)[C@H](O)[C@@H](C)[C@@H](O)[C@@H](C)[C@H](OC(C)=O)[C@@H]1C. The zero-order valence-electron chi connectivity index (χ0n) is 36.1. The van der Waals surface area contributed by atoms with Crippen LogP contribution in [-0.2, 0) is 23.8 Å². The third-order valence-electron chi connectivity index (χ3n) is 12.1. The quantitative estimate of drug-likeness (QED) is 0.0538. The topological polar surface area (TPSA) is 220 Å². The maximum Gasteiger partial charge on any atom is 0.312 e. The Morgan fingerprint density at radius 2 is 1.63 bits per heavy atom. The maximum atomic E-state index is 14.5. The lowest BCUT2D eigenvalue weighted by atomic mass is 9.78. The molecule has 0 aliphatic carbocycles. The van der Waals surface area contributed by atoms with Gasteiger partial charge in [-0.25, -0.2) is 0 Å². The number of phenolic OH excluding ortho intramolecular Hbond substituents is 3. The van der Waals surface area contributed by atoms with Crippen LogP contribution in [0.15, 0.2) is 41.2 Å². The number of aliphatic hydroxyl groups excluding tert-OH is 2. The smallest absolute Gasteiger partial charge is 0.312 e. The first-order chi connectivity index (χ1) is 28.2. The number of ether oxygens (including phenoxy) is 4. The first-order valence-electron chi connectivity index (χ1n) is 20.3. The van der Waals surface area contributed by atoms with E-state index in [9.17, 15) is 39.9 Å². The monoisotopic (exact) mass is 836 g/mol. The van der Waals surface area contributed by atoms with Gasteiger partial charge in [-0.2, -0.15) is 5.10 Å². The number of methoxy groups -OCH3 is 1. The van der Waals surface area contributed by atoms with E-state index in [0.717, 1.165) is 32.4 Å². The number of piperidine rings is 1. The summed E-state index contributed by atoms with van der Waals surface area (Å²) in [5.74, 6) is -8.43. The van der Waals surface area contributed by atoms with Crippen molar-refractivity contribution < 1.29 is 58.9 Å². The van der Waals surface area contributed by atoms with Gasteiger partial charge in [0.1, 0.15) is 35.3 Å². The molecule has 6 rings (SSSR count). The number of phenols is 3. The average Bonchev–Trinajstić information content (AvgIpc) is 3.48. The fraction of sp³-hybridized carbons (Fsp3) is 0.545. The van der Waals surface area contributed by atoms with Gasteiger partial charge in [0.15, 0.2) is 11.5 Å². The molecule has 0 radical (unpaired) electrons. The fourth-order valence-corrected chi connectivity index (χ4v) is 8.26. The Morgan fingerprint density at radius 1 is 0.967 bits per heavy atom. The van der Waals surface area contributed by atoms with Crippen LogP contribution < -0.4 is 15.1 Å². The second-order valence-corrected chi connectivity index (χ2v) is 16.4. The molecule has 2 aromatic rings. The molecule has 4 aliphatic heterocycles. The van der Waals surface area contributed by atoms with Crippen molar-refractivity contribution in [3.05, 3.63) is 47.3 Å². The van der Waals surface area contributed by atoms with Gasteiger partial charge in [-0.1, -0.05) is 45.9 Å². The number of hydrogen-bond acceptors (Lipinski definition) is 14. The molecule has 0 unspecified atom stereocenters. The van der Waals surface area contributed by atoms with Crippen LogP contribution in [0.2, 0.25) is 0 Å². The van der Waals surface area contributed by atoms with E-state index in [2.05, 4.69) is 10.4 Å². The third-order valence-corrected chi connectivity index (χ3v) is 12.1. The minimum atomic E-state index is -2.05. The van der Waals surface area contributed by atoms with Crippen molar-refractivity contribution in [3.8, 4) is 23.0 Å². The largest absolute Gasteiger partial charge is 0.507 e. The number of amides is 1. The summed E-state index contributed by atoms with van der Waals surface area (Å²) in [6, 6.07) is 0. The highest BCUT2D eigenvalue weighted by atomic mass is 16.7. The highest BCUT2D eigenvalue weighted by Gasteiger charge is 2.50. The number of nitrogens with zero attached hydrogens (tertiary/aromatic N) is 3. The average molecular weight is 837 g/mol. The number of esters is 1. The molecule has 2 aromatic carbocycles. The Bertz CT molecular complexity index is 2090. The van der Waals surface area contributed by atoms with Crippen molar-refractivity contribution in [2.24, 2.45) is 28.8 Å². The summed E-state index contributed by atoms with van der Waals surface area (Å²) in [5.41, 5.74) is -0.434. The van der Waals surface area contributed by atoms with Crippen LogP contribution in [0.3, 0.4) is 0 Å². The number of anilines is 2. The number of benzene rings is 2. The number of carbonyl (C=O) groups is 3. The molecule has 1 fully saturated rings. The van der Waals surface area contributed by atoms with Gasteiger partial charge >= 0.3 is 11.8 Å². The molecule has 4 aliphatic rings. The number of Topliss-reactive ketones (excluding diaryl/α,β-unsaturated/α-hetero) is 1. The number of likely N-dealkylation sites (tertiary alicyclic amines) is 1. The Hall–Kier alpha value is -5.32. The summed E-state index contributed by atoms with van der Waals surface area (Å²) in [6.07, 6.45) is 8.19. The molecular weight excluding hydrogens is 776 g/mol. The second-order valence-electron chi connectivity index (χ2n) is 16.4. The molecule has 9 atom stereocenters. The zero-order chi connectivity index (χ0) is 44.4. The minimum Gasteiger partial charge on any atom is -0.507 e. The molecule has 1 amide bonds. The Kier molecular flexibility index (Phi) is 14.1. The molecular formula is C44H60N4O12. The van der Waals surface area contributed by atoms with E-state index in [1.165, 1.54) is 65.3 Å². The van der Waals surface area contributed by atoms with Crippen LogP contribution in [0.25, 0.3) is 10.8 Å². The van der Waals surface area contributed by atoms with Crippen molar-refractivity contribution >= 4 is 46.1 Å². The first kappa shape index (κ1) is 45.8. The molecule has 16 heteroatoms. The van der Waals surface area contributed by atoms with Crippen molar-refractivity contribution in [1.82, 2.24) is 4.90 Å². The number of nitrogens with one attached hydrogen (secondary N) is 1. The van der Waals surface area contributed by atoms with Crippen molar-refractivity contribution in [1.29, 1.82) is 0 Å². The Morgan fingerprint density at radius 3 is 2.27 bits per heavy atom. The number of allylic oxidation sites excluding steroid dienone is 2. The lowest BCUT2D eigenvalue weighted by molar-refractivity contribution is -0.160. The summed E-state index contributed by atoms with van der Waals surface area (Å²) >= 11 is 0. The van der Waals surface area contributed by atoms with E-state index in [-0.39, 0.29) is 44.6 Å².